The van der Waals surface area contributed by atoms with Crippen molar-refractivity contribution >= 4 is 23.1 Å². The highest BCUT2D eigenvalue weighted by atomic mass is 32.2. The van der Waals surface area contributed by atoms with Gasteiger partial charge in [0.2, 0.25) is 0 Å². The molecule has 1 aromatic rings. The lowest BCUT2D eigenvalue weighted by molar-refractivity contribution is 0.129. The molecule has 0 radical (unpaired) electrons. The van der Waals surface area contributed by atoms with Crippen molar-refractivity contribution in [1.29, 1.82) is 0 Å². The zero-order valence-electron chi connectivity index (χ0n) is 7.94. The predicted molar refractivity (Wildman–Crippen MR) is 59.9 cm³/mol. The molecule has 0 amide bonds. The Morgan fingerprint density at radius 1 is 1.57 bits per heavy atom. The molecular weight excluding hydrogens is 216 g/mol. The van der Waals surface area contributed by atoms with Crippen LogP contribution in [0.1, 0.15) is 17.7 Å². The lowest BCUT2D eigenvalue weighted by atomic mass is 10.3. The second-order valence-electron chi connectivity index (χ2n) is 3.32. The van der Waals surface area contributed by atoms with Crippen molar-refractivity contribution in [1.82, 2.24) is 0 Å². The van der Waals surface area contributed by atoms with Crippen LogP contribution >= 0.6 is 23.1 Å². The topological polar surface area (TPSA) is 29.5 Å². The third-order valence-corrected chi connectivity index (χ3v) is 4.66. The molecule has 1 aromatic heterocycles. The molecule has 1 saturated heterocycles. The summed E-state index contributed by atoms with van der Waals surface area (Å²) < 4.78 is 6.82. The highest BCUT2D eigenvalue weighted by molar-refractivity contribution is 8.01. The smallest absolute Gasteiger partial charge is 0.0774 e. The van der Waals surface area contributed by atoms with E-state index in [9.17, 15) is 0 Å². The minimum atomic E-state index is 0.158. The Kier molecular flexibility index (Phi) is 3.87. The minimum absolute atomic E-state index is 0.158. The van der Waals surface area contributed by atoms with E-state index in [4.69, 9.17) is 9.84 Å². The number of hydrogen-bond donors (Lipinski definition) is 1. The quantitative estimate of drug-likeness (QED) is 0.806. The molecule has 0 saturated carbocycles. The van der Waals surface area contributed by atoms with Gasteiger partial charge < -0.3 is 9.84 Å². The van der Waals surface area contributed by atoms with Gasteiger partial charge in [-0.3, -0.25) is 0 Å². The van der Waals surface area contributed by atoms with Crippen molar-refractivity contribution in [3.05, 3.63) is 17.0 Å². The molecule has 14 heavy (non-hydrogen) atoms. The fourth-order valence-corrected chi connectivity index (χ4v) is 3.61. The standard InChI is InChI=1S/C10H14O2S2/c11-6-9-3-4-10(14-9)13-7-8-2-1-5-12-8/h3-4,8,11H,1-2,5-7H2. The summed E-state index contributed by atoms with van der Waals surface area (Å²) in [5.41, 5.74) is 0. The average Bonchev–Trinajstić information content (AvgIpc) is 2.86. The number of thiophene rings is 1. The maximum atomic E-state index is 8.91. The fraction of sp³-hybridized carbons (Fsp3) is 0.600. The van der Waals surface area contributed by atoms with Crippen molar-refractivity contribution in [2.45, 2.75) is 29.8 Å². The molecule has 2 heterocycles. The van der Waals surface area contributed by atoms with Gasteiger partial charge in [-0.2, -0.15) is 0 Å². The van der Waals surface area contributed by atoms with Crippen molar-refractivity contribution in [3.8, 4) is 0 Å². The van der Waals surface area contributed by atoms with E-state index in [0.717, 1.165) is 17.2 Å². The van der Waals surface area contributed by atoms with Crippen LogP contribution in [0.15, 0.2) is 16.3 Å². The molecule has 1 aliphatic heterocycles. The van der Waals surface area contributed by atoms with E-state index >= 15 is 0 Å². The van der Waals surface area contributed by atoms with Crippen LogP contribution in [-0.2, 0) is 11.3 Å². The first-order valence-electron chi connectivity index (χ1n) is 4.82. The number of ether oxygens (including phenoxy) is 1. The van der Waals surface area contributed by atoms with Crippen LogP contribution in [0, 0.1) is 0 Å². The molecular formula is C10H14O2S2. The molecule has 1 N–H and O–H groups in total. The SMILES string of the molecule is OCc1ccc(SCC2CCCO2)s1. The van der Waals surface area contributed by atoms with Crippen LogP contribution in [0.25, 0.3) is 0 Å². The third kappa shape index (κ3) is 2.73. The Labute approximate surface area is 92.3 Å². The van der Waals surface area contributed by atoms with Crippen LogP contribution in [0.2, 0.25) is 0 Å². The fourth-order valence-electron chi connectivity index (χ4n) is 1.47. The monoisotopic (exact) mass is 230 g/mol. The van der Waals surface area contributed by atoms with Crippen LogP contribution in [0.3, 0.4) is 0 Å². The van der Waals surface area contributed by atoms with Gasteiger partial charge in [0.1, 0.15) is 0 Å². The van der Waals surface area contributed by atoms with Crippen LogP contribution in [0.5, 0.6) is 0 Å². The first-order valence-corrected chi connectivity index (χ1v) is 6.62. The normalized spacial score (nSPS) is 21.6. The van der Waals surface area contributed by atoms with Gasteiger partial charge >= 0.3 is 0 Å². The number of aliphatic hydroxyl groups excluding tert-OH is 1. The number of thioether (sulfide) groups is 1. The summed E-state index contributed by atoms with van der Waals surface area (Å²) in [4.78, 5) is 1.04. The number of hydrogen-bond acceptors (Lipinski definition) is 4. The zero-order chi connectivity index (χ0) is 9.80. The molecule has 2 rings (SSSR count). The molecule has 0 spiro atoms. The maximum Gasteiger partial charge on any atom is 0.0774 e. The number of aliphatic hydroxyl groups is 1. The minimum Gasteiger partial charge on any atom is -0.391 e. The second-order valence-corrected chi connectivity index (χ2v) is 5.81. The van der Waals surface area contributed by atoms with Gasteiger partial charge in [-0.15, -0.1) is 23.1 Å². The maximum absolute atomic E-state index is 8.91. The van der Waals surface area contributed by atoms with E-state index in [0.29, 0.717) is 6.10 Å². The van der Waals surface area contributed by atoms with Gasteiger partial charge in [0, 0.05) is 17.2 Å². The molecule has 2 nitrogen and oxygen atoms in total. The van der Waals surface area contributed by atoms with Crippen LogP contribution in [0.4, 0.5) is 0 Å². The Bertz CT molecular complexity index is 279. The summed E-state index contributed by atoms with van der Waals surface area (Å²) in [5, 5.41) is 8.91. The highest BCUT2D eigenvalue weighted by Crippen LogP contribution is 2.29. The van der Waals surface area contributed by atoms with E-state index in [1.165, 1.54) is 17.1 Å². The van der Waals surface area contributed by atoms with Crippen LogP contribution < -0.4 is 0 Å². The van der Waals surface area contributed by atoms with Gasteiger partial charge in [0.15, 0.2) is 0 Å². The predicted octanol–water partition coefficient (Wildman–Crippen LogP) is 2.51. The van der Waals surface area contributed by atoms with E-state index in [1.807, 2.05) is 17.8 Å². The summed E-state index contributed by atoms with van der Waals surface area (Å²) in [6.07, 6.45) is 2.85. The van der Waals surface area contributed by atoms with E-state index in [2.05, 4.69) is 6.07 Å². The molecule has 0 aliphatic carbocycles. The highest BCUT2D eigenvalue weighted by Gasteiger charge is 2.15. The molecule has 78 valence electrons. The summed E-state index contributed by atoms with van der Waals surface area (Å²) in [5.74, 6) is 1.05. The third-order valence-electron chi connectivity index (χ3n) is 2.23. The Morgan fingerprint density at radius 2 is 2.50 bits per heavy atom. The number of rotatable bonds is 4. The summed E-state index contributed by atoms with van der Waals surface area (Å²) in [7, 11) is 0. The second kappa shape index (κ2) is 5.16. The van der Waals surface area contributed by atoms with Crippen molar-refractivity contribution in [2.75, 3.05) is 12.4 Å². The van der Waals surface area contributed by atoms with Gasteiger partial charge in [0.25, 0.3) is 0 Å². The molecule has 1 atom stereocenters. The van der Waals surface area contributed by atoms with Gasteiger partial charge in [-0.05, 0) is 25.0 Å². The summed E-state index contributed by atoms with van der Waals surface area (Å²) >= 11 is 3.51. The van der Waals surface area contributed by atoms with E-state index in [-0.39, 0.29) is 6.61 Å². The van der Waals surface area contributed by atoms with Crippen LogP contribution in [-0.4, -0.2) is 23.6 Å². The van der Waals surface area contributed by atoms with Gasteiger partial charge in [-0.25, -0.2) is 0 Å². The molecule has 0 aromatic carbocycles. The largest absolute Gasteiger partial charge is 0.391 e. The molecule has 4 heteroatoms. The molecule has 1 unspecified atom stereocenters. The van der Waals surface area contributed by atoms with Crippen molar-refractivity contribution in [3.63, 3.8) is 0 Å². The van der Waals surface area contributed by atoms with E-state index < -0.39 is 0 Å². The average molecular weight is 230 g/mol. The van der Waals surface area contributed by atoms with E-state index in [1.54, 1.807) is 11.3 Å². The van der Waals surface area contributed by atoms with Gasteiger partial charge in [0.05, 0.1) is 16.9 Å². The summed E-state index contributed by atoms with van der Waals surface area (Å²) in [6.45, 7) is 1.09. The lowest BCUT2D eigenvalue weighted by Gasteiger charge is -2.06. The molecule has 0 bridgehead atoms. The molecule has 1 fully saturated rings. The summed E-state index contributed by atoms with van der Waals surface area (Å²) in [6, 6.07) is 4.07. The van der Waals surface area contributed by atoms with Crippen molar-refractivity contribution < 1.29 is 9.84 Å². The lowest BCUT2D eigenvalue weighted by Crippen LogP contribution is -2.07. The first kappa shape index (κ1) is 10.5. The zero-order valence-corrected chi connectivity index (χ0v) is 9.57. The van der Waals surface area contributed by atoms with Crippen molar-refractivity contribution in [2.24, 2.45) is 0 Å². The Morgan fingerprint density at radius 3 is 3.14 bits per heavy atom. The molecule has 1 aliphatic rings. The first-order chi connectivity index (χ1) is 6.88. The van der Waals surface area contributed by atoms with Gasteiger partial charge in [-0.1, -0.05) is 0 Å². The Balaban J connectivity index is 1.79. The Hall–Kier alpha value is -0.0300.